The topological polar surface area (TPSA) is 75.7 Å². The third-order valence-electron chi connectivity index (χ3n) is 4.64. The molecule has 0 fully saturated rings. The number of nitrogens with zero attached hydrogens (tertiary/aromatic N) is 1. The van der Waals surface area contributed by atoms with E-state index >= 15 is 0 Å². The fraction of sp³-hybridized carbons (Fsp3) is 0.208. The molecule has 0 unspecified atom stereocenters. The van der Waals surface area contributed by atoms with Gasteiger partial charge in [0.1, 0.15) is 6.42 Å². The van der Waals surface area contributed by atoms with Gasteiger partial charge in [-0.05, 0) is 49.6 Å². The summed E-state index contributed by atoms with van der Waals surface area (Å²) in [5.41, 5.74) is 1.87. The molecular weight excluding hydrogens is 380 g/mol. The average molecular weight is 404 g/mol. The first kappa shape index (κ1) is 21.0. The molecule has 0 aromatic heterocycles. The number of anilines is 2. The van der Waals surface area contributed by atoms with Crippen molar-refractivity contribution in [3.63, 3.8) is 0 Å². The molecule has 0 bridgehead atoms. The van der Waals surface area contributed by atoms with E-state index in [2.05, 4.69) is 5.32 Å². The van der Waals surface area contributed by atoms with Crippen molar-refractivity contribution >= 4 is 39.9 Å². The van der Waals surface area contributed by atoms with Gasteiger partial charge in [-0.2, -0.15) is 0 Å². The molecule has 3 aromatic rings. The zero-order chi connectivity index (χ0) is 21.5. The van der Waals surface area contributed by atoms with Crippen molar-refractivity contribution < 1.29 is 19.1 Å². The summed E-state index contributed by atoms with van der Waals surface area (Å²) in [6, 6.07) is 20.5. The number of fused-ring (bicyclic) bond motifs is 1. The number of esters is 1. The summed E-state index contributed by atoms with van der Waals surface area (Å²) in [6.45, 7) is 4.37. The molecule has 30 heavy (non-hydrogen) atoms. The molecule has 3 aromatic carbocycles. The van der Waals surface area contributed by atoms with Gasteiger partial charge >= 0.3 is 5.97 Å². The van der Waals surface area contributed by atoms with Crippen LogP contribution in [-0.4, -0.2) is 30.9 Å². The predicted molar refractivity (Wildman–Crippen MR) is 118 cm³/mol. The lowest BCUT2D eigenvalue weighted by atomic mass is 10.1. The molecule has 0 radical (unpaired) electrons. The second-order valence-corrected chi connectivity index (χ2v) is 6.66. The van der Waals surface area contributed by atoms with Gasteiger partial charge in [-0.25, -0.2) is 0 Å². The van der Waals surface area contributed by atoms with Crippen LogP contribution in [0.1, 0.15) is 30.6 Å². The summed E-state index contributed by atoms with van der Waals surface area (Å²) >= 11 is 0. The number of carbonyl (C=O) groups is 3. The standard InChI is InChI=1S/C24H24N2O4/c1-3-26(21-11-7-9-17-8-5-6-10-20(17)21)24(29)18-12-14-19(15-13-18)25-22(27)16-23(28)30-4-2/h5-15H,3-4,16H2,1-2H3,(H,25,27). The molecule has 0 spiro atoms. The first-order valence-electron chi connectivity index (χ1n) is 9.88. The average Bonchev–Trinajstić information content (AvgIpc) is 2.75. The molecule has 0 aliphatic rings. The van der Waals surface area contributed by atoms with Crippen molar-refractivity contribution in [1.29, 1.82) is 0 Å². The quantitative estimate of drug-likeness (QED) is 0.468. The minimum Gasteiger partial charge on any atom is -0.466 e. The van der Waals surface area contributed by atoms with Crippen molar-refractivity contribution in [2.45, 2.75) is 20.3 Å². The zero-order valence-corrected chi connectivity index (χ0v) is 17.1. The zero-order valence-electron chi connectivity index (χ0n) is 17.1. The lowest BCUT2D eigenvalue weighted by Gasteiger charge is -2.23. The van der Waals surface area contributed by atoms with E-state index in [1.165, 1.54) is 0 Å². The number of benzene rings is 3. The smallest absolute Gasteiger partial charge is 0.315 e. The van der Waals surface area contributed by atoms with E-state index in [0.717, 1.165) is 16.5 Å². The Hall–Kier alpha value is -3.67. The molecular formula is C24H24N2O4. The van der Waals surface area contributed by atoms with E-state index in [1.54, 1.807) is 36.1 Å². The fourth-order valence-corrected chi connectivity index (χ4v) is 3.27. The highest BCUT2D eigenvalue weighted by Crippen LogP contribution is 2.28. The fourth-order valence-electron chi connectivity index (χ4n) is 3.27. The number of ether oxygens (including phenoxy) is 1. The minimum atomic E-state index is -0.574. The van der Waals surface area contributed by atoms with Crippen LogP contribution in [0.2, 0.25) is 0 Å². The molecule has 0 saturated heterocycles. The van der Waals surface area contributed by atoms with E-state index in [0.29, 0.717) is 17.8 Å². The van der Waals surface area contributed by atoms with E-state index < -0.39 is 11.9 Å². The summed E-state index contributed by atoms with van der Waals surface area (Å²) in [4.78, 5) is 38.2. The Morgan fingerprint density at radius 1 is 0.900 bits per heavy atom. The number of hydrogen-bond acceptors (Lipinski definition) is 4. The Morgan fingerprint density at radius 3 is 2.30 bits per heavy atom. The van der Waals surface area contributed by atoms with Crippen LogP contribution < -0.4 is 10.2 Å². The van der Waals surface area contributed by atoms with Gasteiger partial charge in [0.05, 0.1) is 12.3 Å². The monoisotopic (exact) mass is 404 g/mol. The van der Waals surface area contributed by atoms with Gasteiger partial charge in [-0.1, -0.05) is 36.4 Å². The van der Waals surface area contributed by atoms with Crippen molar-refractivity contribution in [2.24, 2.45) is 0 Å². The second kappa shape index (κ2) is 9.69. The number of nitrogens with one attached hydrogen (secondary N) is 1. The van der Waals surface area contributed by atoms with Crippen LogP contribution in [0.15, 0.2) is 66.7 Å². The van der Waals surface area contributed by atoms with E-state index in [1.807, 2.05) is 49.4 Å². The van der Waals surface area contributed by atoms with Gasteiger partial charge in [0.25, 0.3) is 5.91 Å². The number of carbonyl (C=O) groups excluding carboxylic acids is 3. The highest BCUT2D eigenvalue weighted by molar-refractivity contribution is 6.11. The molecule has 1 N–H and O–H groups in total. The molecule has 6 nitrogen and oxygen atoms in total. The van der Waals surface area contributed by atoms with Crippen LogP contribution in [0, 0.1) is 0 Å². The van der Waals surface area contributed by atoms with E-state index in [9.17, 15) is 14.4 Å². The van der Waals surface area contributed by atoms with Gasteiger partial charge in [0, 0.05) is 23.2 Å². The molecule has 0 saturated carbocycles. The lowest BCUT2D eigenvalue weighted by molar-refractivity contribution is -0.145. The summed E-state index contributed by atoms with van der Waals surface area (Å²) in [6.07, 6.45) is -0.348. The van der Waals surface area contributed by atoms with Crippen molar-refractivity contribution in [3.8, 4) is 0 Å². The van der Waals surface area contributed by atoms with Crippen LogP contribution in [0.4, 0.5) is 11.4 Å². The molecule has 154 valence electrons. The van der Waals surface area contributed by atoms with Gasteiger partial charge in [-0.3, -0.25) is 14.4 Å². The Bertz CT molecular complexity index is 1050. The van der Waals surface area contributed by atoms with Crippen molar-refractivity contribution in [2.75, 3.05) is 23.4 Å². The van der Waals surface area contributed by atoms with Crippen LogP contribution in [0.25, 0.3) is 10.8 Å². The van der Waals surface area contributed by atoms with Crippen molar-refractivity contribution in [1.82, 2.24) is 0 Å². The maximum Gasteiger partial charge on any atom is 0.315 e. The molecule has 0 aliphatic carbocycles. The van der Waals surface area contributed by atoms with Gasteiger partial charge < -0.3 is 15.0 Å². The molecule has 0 heterocycles. The minimum absolute atomic E-state index is 0.127. The highest BCUT2D eigenvalue weighted by atomic mass is 16.5. The molecule has 2 amide bonds. The van der Waals surface area contributed by atoms with Crippen LogP contribution >= 0.6 is 0 Å². The molecule has 6 heteroatoms. The lowest BCUT2D eigenvalue weighted by Crippen LogP contribution is -2.30. The highest BCUT2D eigenvalue weighted by Gasteiger charge is 2.18. The van der Waals surface area contributed by atoms with Crippen LogP contribution in [-0.2, 0) is 14.3 Å². The largest absolute Gasteiger partial charge is 0.466 e. The Kier molecular flexibility index (Phi) is 6.80. The Labute approximate surface area is 175 Å². The van der Waals surface area contributed by atoms with Crippen LogP contribution in [0.5, 0.6) is 0 Å². The summed E-state index contributed by atoms with van der Waals surface area (Å²) in [5.74, 6) is -1.16. The molecule has 3 rings (SSSR count). The van der Waals surface area contributed by atoms with E-state index in [4.69, 9.17) is 4.74 Å². The summed E-state index contributed by atoms with van der Waals surface area (Å²) in [5, 5.41) is 4.71. The number of hydrogen-bond donors (Lipinski definition) is 1. The normalized spacial score (nSPS) is 10.5. The van der Waals surface area contributed by atoms with Gasteiger partial charge in [-0.15, -0.1) is 0 Å². The first-order valence-corrected chi connectivity index (χ1v) is 9.88. The SMILES string of the molecule is CCOC(=O)CC(=O)Nc1ccc(C(=O)N(CC)c2cccc3ccccc23)cc1. The first-order chi connectivity index (χ1) is 14.5. The maximum atomic E-state index is 13.1. The molecule has 0 aliphatic heterocycles. The predicted octanol–water partition coefficient (Wildman–Crippen LogP) is 4.40. The third-order valence-corrected chi connectivity index (χ3v) is 4.64. The third kappa shape index (κ3) is 4.84. The van der Waals surface area contributed by atoms with E-state index in [-0.39, 0.29) is 18.9 Å². The number of rotatable bonds is 7. The maximum absolute atomic E-state index is 13.1. The Morgan fingerprint density at radius 2 is 1.60 bits per heavy atom. The van der Waals surface area contributed by atoms with Gasteiger partial charge in [0.2, 0.25) is 5.91 Å². The number of amides is 2. The molecule has 0 atom stereocenters. The van der Waals surface area contributed by atoms with Gasteiger partial charge in [0.15, 0.2) is 0 Å². The van der Waals surface area contributed by atoms with Crippen LogP contribution in [0.3, 0.4) is 0 Å². The summed E-state index contributed by atoms with van der Waals surface area (Å²) in [7, 11) is 0. The Balaban J connectivity index is 1.76. The summed E-state index contributed by atoms with van der Waals surface area (Å²) < 4.78 is 4.76. The second-order valence-electron chi connectivity index (χ2n) is 6.66. The van der Waals surface area contributed by atoms with Crippen molar-refractivity contribution in [3.05, 3.63) is 72.3 Å².